The van der Waals surface area contributed by atoms with Crippen LogP contribution in [0, 0.1) is 6.92 Å². The third kappa shape index (κ3) is 5.48. The van der Waals surface area contributed by atoms with Gasteiger partial charge < -0.3 is 10.6 Å². The molecule has 1 heterocycles. The summed E-state index contributed by atoms with van der Waals surface area (Å²) in [6, 6.07) is 25.1. The van der Waals surface area contributed by atoms with Crippen LogP contribution in [0.1, 0.15) is 12.5 Å². The molecule has 0 aliphatic carbocycles. The molecule has 2 N–H and O–H groups in total. The van der Waals surface area contributed by atoms with Crippen LogP contribution in [0.4, 0.5) is 11.4 Å². The zero-order valence-corrected chi connectivity index (χ0v) is 19.1. The van der Waals surface area contributed by atoms with Gasteiger partial charge in [-0.15, -0.1) is 10.2 Å². The van der Waals surface area contributed by atoms with E-state index in [0.717, 1.165) is 16.8 Å². The third-order valence-corrected chi connectivity index (χ3v) is 5.70. The molecule has 0 radical (unpaired) electrons. The summed E-state index contributed by atoms with van der Waals surface area (Å²) in [4.78, 5) is 24.2. The molecule has 0 saturated heterocycles. The third-order valence-electron chi connectivity index (χ3n) is 4.77. The Morgan fingerprint density at radius 2 is 1.58 bits per heavy atom. The van der Waals surface area contributed by atoms with Crippen molar-refractivity contribution in [1.29, 1.82) is 0 Å². The second kappa shape index (κ2) is 10.1. The highest BCUT2D eigenvalue weighted by Gasteiger charge is 2.17. The zero-order valence-electron chi connectivity index (χ0n) is 18.3. The summed E-state index contributed by atoms with van der Waals surface area (Å²) < 4.78 is 1.95. The van der Waals surface area contributed by atoms with E-state index in [4.69, 9.17) is 0 Å². The zero-order chi connectivity index (χ0) is 23.2. The SMILES string of the molecule is CC(=O)Nc1ccc(C)cc1NC(=O)CSc1nnc(-c2ccccc2)n1-c1ccccc1. The highest BCUT2D eigenvalue weighted by atomic mass is 32.2. The van der Waals surface area contributed by atoms with E-state index in [9.17, 15) is 9.59 Å². The number of thioether (sulfide) groups is 1. The molecule has 4 rings (SSSR count). The van der Waals surface area contributed by atoms with Crippen molar-refractivity contribution in [2.24, 2.45) is 0 Å². The minimum atomic E-state index is -0.207. The van der Waals surface area contributed by atoms with Crippen LogP contribution in [0.3, 0.4) is 0 Å². The Morgan fingerprint density at radius 1 is 0.879 bits per heavy atom. The summed E-state index contributed by atoms with van der Waals surface area (Å²) in [6.45, 7) is 3.36. The average molecular weight is 458 g/mol. The van der Waals surface area contributed by atoms with Crippen molar-refractivity contribution in [3.8, 4) is 17.1 Å². The number of hydrogen-bond donors (Lipinski definition) is 2. The van der Waals surface area contributed by atoms with E-state index in [-0.39, 0.29) is 17.6 Å². The molecule has 0 saturated carbocycles. The number of nitrogens with one attached hydrogen (secondary N) is 2. The van der Waals surface area contributed by atoms with E-state index in [1.807, 2.05) is 84.3 Å². The molecule has 0 unspecified atom stereocenters. The van der Waals surface area contributed by atoms with Crippen molar-refractivity contribution in [3.63, 3.8) is 0 Å². The normalized spacial score (nSPS) is 10.6. The first-order chi connectivity index (χ1) is 16.0. The molecule has 8 heteroatoms. The van der Waals surface area contributed by atoms with Gasteiger partial charge in [-0.05, 0) is 36.8 Å². The molecule has 0 spiro atoms. The fourth-order valence-corrected chi connectivity index (χ4v) is 4.08. The van der Waals surface area contributed by atoms with Crippen LogP contribution >= 0.6 is 11.8 Å². The standard InChI is InChI=1S/C25H23N5O2S/c1-17-13-14-21(26-18(2)31)22(15-17)27-23(32)16-33-25-29-28-24(19-9-5-3-6-10-19)30(25)20-11-7-4-8-12-20/h3-15H,16H2,1-2H3,(H,26,31)(H,27,32). The van der Waals surface area contributed by atoms with Crippen LogP contribution in [-0.4, -0.2) is 32.3 Å². The fourth-order valence-electron chi connectivity index (χ4n) is 3.32. The molecule has 3 aromatic carbocycles. The Kier molecular flexibility index (Phi) is 6.85. The average Bonchev–Trinajstić information content (AvgIpc) is 3.24. The highest BCUT2D eigenvalue weighted by Crippen LogP contribution is 2.28. The molecule has 0 bridgehead atoms. The molecule has 1 aromatic heterocycles. The first-order valence-electron chi connectivity index (χ1n) is 10.4. The molecule has 2 amide bonds. The second-order valence-electron chi connectivity index (χ2n) is 7.41. The van der Waals surface area contributed by atoms with Gasteiger partial charge in [0, 0.05) is 18.2 Å². The van der Waals surface area contributed by atoms with Gasteiger partial charge >= 0.3 is 0 Å². The van der Waals surface area contributed by atoms with Crippen LogP contribution in [0.2, 0.25) is 0 Å². The number of aromatic nitrogens is 3. The van der Waals surface area contributed by atoms with Gasteiger partial charge in [-0.1, -0.05) is 66.4 Å². The molecule has 33 heavy (non-hydrogen) atoms. The number of carbonyl (C=O) groups excluding carboxylic acids is 2. The summed E-state index contributed by atoms with van der Waals surface area (Å²) in [5, 5.41) is 15.0. The molecular formula is C25H23N5O2S. The van der Waals surface area contributed by atoms with Crippen LogP contribution in [0.5, 0.6) is 0 Å². The number of para-hydroxylation sites is 1. The van der Waals surface area contributed by atoms with E-state index in [2.05, 4.69) is 20.8 Å². The molecule has 4 aromatic rings. The quantitative estimate of drug-likeness (QED) is 0.384. The molecule has 0 aliphatic heterocycles. The van der Waals surface area contributed by atoms with Gasteiger partial charge in [-0.3, -0.25) is 14.2 Å². The maximum Gasteiger partial charge on any atom is 0.234 e. The highest BCUT2D eigenvalue weighted by molar-refractivity contribution is 7.99. The summed E-state index contributed by atoms with van der Waals surface area (Å²) >= 11 is 1.30. The Hall–Kier alpha value is -3.91. The number of amides is 2. The Labute approximate surface area is 196 Å². The van der Waals surface area contributed by atoms with Gasteiger partial charge in [0.15, 0.2) is 11.0 Å². The largest absolute Gasteiger partial charge is 0.325 e. The minimum Gasteiger partial charge on any atom is -0.325 e. The van der Waals surface area contributed by atoms with Crippen LogP contribution in [0.15, 0.2) is 84.0 Å². The number of benzene rings is 3. The van der Waals surface area contributed by atoms with Gasteiger partial charge in [-0.2, -0.15) is 0 Å². The van der Waals surface area contributed by atoms with Crippen LogP contribution in [0.25, 0.3) is 17.1 Å². The molecule has 0 aliphatic rings. The topological polar surface area (TPSA) is 88.9 Å². The molecular weight excluding hydrogens is 434 g/mol. The Morgan fingerprint density at radius 3 is 2.27 bits per heavy atom. The summed E-state index contributed by atoms with van der Waals surface area (Å²) in [5.41, 5.74) is 3.94. The number of aryl methyl sites for hydroxylation is 1. The summed E-state index contributed by atoms with van der Waals surface area (Å²) in [6.07, 6.45) is 0. The number of carbonyl (C=O) groups is 2. The molecule has 7 nitrogen and oxygen atoms in total. The number of hydrogen-bond acceptors (Lipinski definition) is 5. The van der Waals surface area contributed by atoms with Crippen LogP contribution in [-0.2, 0) is 9.59 Å². The van der Waals surface area contributed by atoms with E-state index in [1.165, 1.54) is 18.7 Å². The van der Waals surface area contributed by atoms with E-state index >= 15 is 0 Å². The van der Waals surface area contributed by atoms with Crippen molar-refractivity contribution >= 4 is 35.0 Å². The number of anilines is 2. The molecule has 0 fully saturated rings. The van der Waals surface area contributed by atoms with Gasteiger partial charge in [0.1, 0.15) is 0 Å². The molecule has 166 valence electrons. The fraction of sp³-hybridized carbons (Fsp3) is 0.120. The maximum absolute atomic E-state index is 12.8. The van der Waals surface area contributed by atoms with E-state index < -0.39 is 0 Å². The predicted molar refractivity (Wildman–Crippen MR) is 132 cm³/mol. The Balaban J connectivity index is 1.56. The number of nitrogens with zero attached hydrogens (tertiary/aromatic N) is 3. The lowest BCUT2D eigenvalue weighted by molar-refractivity contribution is -0.115. The maximum atomic E-state index is 12.8. The van der Waals surface area contributed by atoms with Crippen molar-refractivity contribution < 1.29 is 9.59 Å². The van der Waals surface area contributed by atoms with E-state index in [0.29, 0.717) is 22.4 Å². The van der Waals surface area contributed by atoms with Crippen molar-refractivity contribution in [2.45, 2.75) is 19.0 Å². The van der Waals surface area contributed by atoms with E-state index in [1.54, 1.807) is 6.07 Å². The van der Waals surface area contributed by atoms with Gasteiger partial charge in [0.25, 0.3) is 0 Å². The first-order valence-corrected chi connectivity index (χ1v) is 11.4. The van der Waals surface area contributed by atoms with Crippen molar-refractivity contribution in [2.75, 3.05) is 16.4 Å². The van der Waals surface area contributed by atoms with Gasteiger partial charge in [-0.25, -0.2) is 0 Å². The minimum absolute atomic E-state index is 0.132. The lowest BCUT2D eigenvalue weighted by atomic mass is 10.2. The van der Waals surface area contributed by atoms with Crippen LogP contribution < -0.4 is 10.6 Å². The monoisotopic (exact) mass is 457 g/mol. The summed E-state index contributed by atoms with van der Waals surface area (Å²) in [7, 11) is 0. The number of rotatable bonds is 7. The smallest absolute Gasteiger partial charge is 0.234 e. The molecule has 0 atom stereocenters. The first kappa shape index (κ1) is 22.3. The predicted octanol–water partition coefficient (Wildman–Crippen LogP) is 4.93. The van der Waals surface area contributed by atoms with Crippen molar-refractivity contribution in [1.82, 2.24) is 14.8 Å². The van der Waals surface area contributed by atoms with Gasteiger partial charge in [0.2, 0.25) is 11.8 Å². The van der Waals surface area contributed by atoms with Gasteiger partial charge in [0.05, 0.1) is 17.1 Å². The summed E-state index contributed by atoms with van der Waals surface area (Å²) in [5.74, 6) is 0.429. The Bertz CT molecular complexity index is 1270. The second-order valence-corrected chi connectivity index (χ2v) is 8.35. The van der Waals surface area contributed by atoms with Crippen molar-refractivity contribution in [3.05, 3.63) is 84.4 Å². The lowest BCUT2D eigenvalue weighted by Crippen LogP contribution is -2.17. The lowest BCUT2D eigenvalue weighted by Gasteiger charge is -2.13.